The number of aromatic nitrogens is 2. The Morgan fingerprint density at radius 2 is 2.32 bits per heavy atom. The van der Waals surface area contributed by atoms with Crippen molar-refractivity contribution >= 4 is 16.3 Å². The summed E-state index contributed by atoms with van der Waals surface area (Å²) in [6.07, 6.45) is 2.58. The van der Waals surface area contributed by atoms with E-state index >= 15 is 0 Å². The lowest BCUT2D eigenvalue weighted by Crippen LogP contribution is -2.05. The predicted octanol–water partition coefficient (Wildman–Crippen LogP) is 2.83. The van der Waals surface area contributed by atoms with Crippen LogP contribution < -0.4 is 10.5 Å². The molecular weight excluding hydrogens is 265 g/mol. The molecule has 2 N–H and O–H groups in total. The minimum Gasteiger partial charge on any atom is -0.437 e. The van der Waals surface area contributed by atoms with Crippen LogP contribution in [-0.4, -0.2) is 15.9 Å². The Morgan fingerprint density at radius 1 is 1.42 bits per heavy atom. The highest BCUT2D eigenvalue weighted by Gasteiger charge is 2.14. The average molecular weight is 277 g/mol. The van der Waals surface area contributed by atoms with Gasteiger partial charge >= 0.3 is 0 Å². The largest absolute Gasteiger partial charge is 0.437 e. The maximum Gasteiger partial charge on any atom is 0.242 e. The van der Waals surface area contributed by atoms with E-state index < -0.39 is 0 Å². The third-order valence-corrected chi connectivity index (χ3v) is 3.47. The number of rotatable bonds is 4. The van der Waals surface area contributed by atoms with Gasteiger partial charge in [-0.1, -0.05) is 6.07 Å². The number of fused-ring (bicyclic) bond motifs is 1. The molecule has 0 aliphatic heterocycles. The Hall–Kier alpha value is -1.92. The number of thiazole rings is 1. The minimum absolute atomic E-state index is 0.334. The van der Waals surface area contributed by atoms with E-state index in [1.54, 1.807) is 12.1 Å². The van der Waals surface area contributed by atoms with E-state index in [1.807, 2.05) is 16.0 Å². The summed E-state index contributed by atoms with van der Waals surface area (Å²) in [4.78, 5) is 5.24. The van der Waals surface area contributed by atoms with Crippen LogP contribution in [-0.2, 0) is 6.42 Å². The second-order valence-electron chi connectivity index (χ2n) is 4.02. The Bertz CT molecular complexity index is 707. The summed E-state index contributed by atoms with van der Waals surface area (Å²) < 4.78 is 20.8. The quantitative estimate of drug-likeness (QED) is 0.797. The second-order valence-corrected chi connectivity index (χ2v) is 4.89. The molecule has 4 nitrogen and oxygen atoms in total. The number of nitrogens with two attached hydrogens (primary N) is 1. The fourth-order valence-corrected chi connectivity index (χ4v) is 2.63. The summed E-state index contributed by atoms with van der Waals surface area (Å²) in [5, 5.41) is 1.95. The zero-order valence-electron chi connectivity index (χ0n) is 10.0. The van der Waals surface area contributed by atoms with Crippen LogP contribution in [0.5, 0.6) is 11.6 Å². The summed E-state index contributed by atoms with van der Waals surface area (Å²) >= 11 is 1.52. The molecule has 3 aromatic rings. The Morgan fingerprint density at radius 3 is 3.11 bits per heavy atom. The van der Waals surface area contributed by atoms with Gasteiger partial charge < -0.3 is 10.5 Å². The first-order valence-corrected chi connectivity index (χ1v) is 6.74. The smallest absolute Gasteiger partial charge is 0.242 e. The molecule has 0 aliphatic carbocycles. The number of halogens is 1. The molecular formula is C13H12FN3OS. The Balaban J connectivity index is 1.99. The zero-order chi connectivity index (χ0) is 13.2. The summed E-state index contributed by atoms with van der Waals surface area (Å²) in [6.45, 7) is 0.503. The van der Waals surface area contributed by atoms with Gasteiger partial charge in [-0.05, 0) is 18.7 Å². The van der Waals surface area contributed by atoms with E-state index in [0.717, 1.165) is 10.7 Å². The van der Waals surface area contributed by atoms with Gasteiger partial charge in [-0.25, -0.2) is 4.39 Å². The molecule has 19 heavy (non-hydrogen) atoms. The number of benzene rings is 1. The maximum atomic E-state index is 13.1. The van der Waals surface area contributed by atoms with Crippen molar-refractivity contribution in [3.8, 4) is 11.6 Å². The Labute approximate surface area is 113 Å². The number of hydrogen-bond acceptors (Lipinski definition) is 4. The molecule has 98 valence electrons. The first-order chi connectivity index (χ1) is 9.28. The zero-order valence-corrected chi connectivity index (χ0v) is 10.9. The van der Waals surface area contributed by atoms with Crippen molar-refractivity contribution in [3.63, 3.8) is 0 Å². The second kappa shape index (κ2) is 4.99. The van der Waals surface area contributed by atoms with Gasteiger partial charge in [-0.2, -0.15) is 4.98 Å². The summed E-state index contributed by atoms with van der Waals surface area (Å²) in [5.41, 5.74) is 6.52. The molecule has 6 heteroatoms. The van der Waals surface area contributed by atoms with E-state index in [1.165, 1.54) is 23.5 Å². The van der Waals surface area contributed by atoms with Crippen LogP contribution in [0.3, 0.4) is 0 Å². The van der Waals surface area contributed by atoms with Crippen LogP contribution >= 0.6 is 11.3 Å². The van der Waals surface area contributed by atoms with Crippen molar-refractivity contribution in [1.29, 1.82) is 0 Å². The first-order valence-electron chi connectivity index (χ1n) is 5.86. The maximum absolute atomic E-state index is 13.1. The van der Waals surface area contributed by atoms with Gasteiger partial charge in [0.25, 0.3) is 0 Å². The molecule has 0 radical (unpaired) electrons. The monoisotopic (exact) mass is 277 g/mol. The van der Waals surface area contributed by atoms with Gasteiger partial charge in [0.1, 0.15) is 11.6 Å². The molecule has 0 bridgehead atoms. The number of hydrogen-bond donors (Lipinski definition) is 1. The van der Waals surface area contributed by atoms with Crippen LogP contribution in [0.15, 0.2) is 35.8 Å². The Kier molecular flexibility index (Phi) is 3.18. The molecule has 0 fully saturated rings. The third-order valence-electron chi connectivity index (χ3n) is 2.72. The van der Waals surface area contributed by atoms with Gasteiger partial charge in [0.05, 0.1) is 5.69 Å². The van der Waals surface area contributed by atoms with Crippen molar-refractivity contribution in [1.82, 2.24) is 9.38 Å². The molecule has 1 aromatic carbocycles. The molecule has 0 saturated carbocycles. The molecule has 0 unspecified atom stereocenters. The number of imidazole rings is 1. The average Bonchev–Trinajstić information content (AvgIpc) is 2.93. The molecule has 0 saturated heterocycles. The van der Waals surface area contributed by atoms with E-state index in [4.69, 9.17) is 10.5 Å². The first kappa shape index (κ1) is 12.1. The fraction of sp³-hybridized carbons (Fsp3) is 0.154. The molecule has 0 atom stereocenters. The topological polar surface area (TPSA) is 52.5 Å². The lowest BCUT2D eigenvalue weighted by atomic mass is 10.3. The van der Waals surface area contributed by atoms with Crippen LogP contribution in [0.25, 0.3) is 4.96 Å². The third kappa shape index (κ3) is 2.32. The highest BCUT2D eigenvalue weighted by molar-refractivity contribution is 7.15. The van der Waals surface area contributed by atoms with Crippen molar-refractivity contribution < 1.29 is 9.13 Å². The molecule has 0 amide bonds. The van der Waals surface area contributed by atoms with Gasteiger partial charge in [0.2, 0.25) is 5.88 Å². The number of nitrogens with zero attached hydrogens (tertiary/aromatic N) is 2. The van der Waals surface area contributed by atoms with Gasteiger partial charge in [-0.15, -0.1) is 11.3 Å². The van der Waals surface area contributed by atoms with Gasteiger partial charge in [0, 0.05) is 24.1 Å². The SMILES string of the molecule is NCCc1c(Oc2cccc(F)c2)nc2sccn12. The van der Waals surface area contributed by atoms with Crippen LogP contribution in [0.2, 0.25) is 0 Å². The van der Waals surface area contributed by atoms with Crippen molar-refractivity contribution in [2.75, 3.05) is 6.54 Å². The van der Waals surface area contributed by atoms with Crippen molar-refractivity contribution in [2.24, 2.45) is 5.73 Å². The lowest BCUT2D eigenvalue weighted by molar-refractivity contribution is 0.454. The predicted molar refractivity (Wildman–Crippen MR) is 72.3 cm³/mol. The normalized spacial score (nSPS) is 11.1. The molecule has 2 aromatic heterocycles. The van der Waals surface area contributed by atoms with E-state index in [-0.39, 0.29) is 5.82 Å². The molecule has 0 aliphatic rings. The van der Waals surface area contributed by atoms with Gasteiger partial charge in [-0.3, -0.25) is 4.40 Å². The van der Waals surface area contributed by atoms with E-state index in [2.05, 4.69) is 4.98 Å². The van der Waals surface area contributed by atoms with Gasteiger partial charge in [0.15, 0.2) is 4.96 Å². The lowest BCUT2D eigenvalue weighted by Gasteiger charge is -2.05. The van der Waals surface area contributed by atoms with E-state index in [0.29, 0.717) is 24.6 Å². The van der Waals surface area contributed by atoms with Crippen LogP contribution in [0.4, 0.5) is 4.39 Å². The van der Waals surface area contributed by atoms with E-state index in [9.17, 15) is 4.39 Å². The molecule has 2 heterocycles. The molecule has 3 rings (SSSR count). The van der Waals surface area contributed by atoms with Crippen LogP contribution in [0, 0.1) is 5.82 Å². The fourth-order valence-electron chi connectivity index (χ4n) is 1.90. The summed E-state index contributed by atoms with van der Waals surface area (Å²) in [6, 6.07) is 6.01. The minimum atomic E-state index is -0.334. The highest BCUT2D eigenvalue weighted by atomic mass is 32.1. The highest BCUT2D eigenvalue weighted by Crippen LogP contribution is 2.28. The summed E-state index contributed by atoms with van der Waals surface area (Å²) in [7, 11) is 0. The molecule has 0 spiro atoms. The van der Waals surface area contributed by atoms with Crippen molar-refractivity contribution in [2.45, 2.75) is 6.42 Å². The van der Waals surface area contributed by atoms with Crippen LogP contribution in [0.1, 0.15) is 5.69 Å². The number of ether oxygens (including phenoxy) is 1. The standard InChI is InChI=1S/C13H12FN3OS/c14-9-2-1-3-10(8-9)18-12-11(4-5-15)17-6-7-19-13(17)16-12/h1-3,6-8H,4-5,15H2. The van der Waals surface area contributed by atoms with Crippen molar-refractivity contribution in [3.05, 3.63) is 47.4 Å². The summed E-state index contributed by atoms with van der Waals surface area (Å²) in [5.74, 6) is 0.589.